The number of piperidine rings is 1. The van der Waals surface area contributed by atoms with E-state index in [9.17, 15) is 0 Å². The van der Waals surface area contributed by atoms with Crippen LogP contribution in [0.3, 0.4) is 0 Å². The summed E-state index contributed by atoms with van der Waals surface area (Å²) in [6, 6.07) is 2.48. The van der Waals surface area contributed by atoms with Crippen molar-refractivity contribution in [2.45, 2.75) is 70.2 Å². The molecule has 2 atom stereocenters. The molecule has 3 saturated heterocycles. The van der Waals surface area contributed by atoms with E-state index < -0.39 is 0 Å². The normalized spacial score (nSPS) is 26.8. The summed E-state index contributed by atoms with van der Waals surface area (Å²) in [4.78, 5) is 19.7. The molecule has 3 aliphatic heterocycles. The summed E-state index contributed by atoms with van der Waals surface area (Å²) in [6.07, 6.45) is 9.15. The zero-order chi connectivity index (χ0) is 20.4. The number of nitrogens with one attached hydrogen (secondary N) is 1. The second-order valence-electron chi connectivity index (χ2n) is 9.51. The molecule has 3 aliphatic rings. The summed E-state index contributed by atoms with van der Waals surface area (Å²) in [5.41, 5.74) is 1.24. The van der Waals surface area contributed by atoms with E-state index in [-0.39, 0.29) is 0 Å². The molecule has 3 fully saturated rings. The number of nitrogens with zero attached hydrogens (tertiary/aromatic N) is 6. The van der Waals surface area contributed by atoms with Gasteiger partial charge in [0.25, 0.3) is 0 Å². The molecule has 7 nitrogen and oxygen atoms in total. The lowest BCUT2D eigenvalue weighted by Gasteiger charge is -2.42. The van der Waals surface area contributed by atoms with Gasteiger partial charge in [-0.15, -0.1) is 0 Å². The summed E-state index contributed by atoms with van der Waals surface area (Å²) in [6.45, 7) is 11.2. The van der Waals surface area contributed by atoms with Crippen LogP contribution in [-0.2, 0) is 6.54 Å². The molecule has 162 valence electrons. The van der Waals surface area contributed by atoms with Gasteiger partial charge in [0.15, 0.2) is 0 Å². The van der Waals surface area contributed by atoms with Crippen LogP contribution in [-0.4, -0.2) is 95.8 Å². The molecule has 29 heavy (non-hydrogen) atoms. The molecule has 4 heterocycles. The predicted octanol–water partition coefficient (Wildman–Crippen LogP) is 1.61. The Kier molecular flexibility index (Phi) is 6.69. The lowest BCUT2D eigenvalue weighted by Crippen LogP contribution is -2.56. The summed E-state index contributed by atoms with van der Waals surface area (Å²) >= 11 is 0. The molecule has 2 bridgehead atoms. The van der Waals surface area contributed by atoms with Crippen LogP contribution >= 0.6 is 0 Å². The molecule has 1 N–H and O–H groups in total. The highest BCUT2D eigenvalue weighted by Gasteiger charge is 2.41. The number of hydrogen-bond donors (Lipinski definition) is 1. The maximum atomic E-state index is 4.80. The highest BCUT2D eigenvalue weighted by Crippen LogP contribution is 2.33. The predicted molar refractivity (Wildman–Crippen MR) is 118 cm³/mol. The first-order valence-corrected chi connectivity index (χ1v) is 11.5. The summed E-state index contributed by atoms with van der Waals surface area (Å²) < 4.78 is 0. The van der Waals surface area contributed by atoms with Gasteiger partial charge in [0, 0.05) is 68.4 Å². The smallest absolute Gasteiger partial charge is 0.225 e. The van der Waals surface area contributed by atoms with Crippen LogP contribution < -0.4 is 10.2 Å². The largest absolute Gasteiger partial charge is 0.332 e. The Morgan fingerprint density at radius 2 is 1.69 bits per heavy atom. The van der Waals surface area contributed by atoms with Crippen molar-refractivity contribution in [1.82, 2.24) is 30.0 Å². The van der Waals surface area contributed by atoms with E-state index >= 15 is 0 Å². The first kappa shape index (κ1) is 21.0. The van der Waals surface area contributed by atoms with Crippen LogP contribution in [0.4, 0.5) is 5.95 Å². The van der Waals surface area contributed by atoms with Crippen molar-refractivity contribution in [1.29, 1.82) is 0 Å². The van der Waals surface area contributed by atoms with Gasteiger partial charge in [-0.25, -0.2) is 9.97 Å². The molecule has 4 rings (SSSR count). The Morgan fingerprint density at radius 3 is 2.24 bits per heavy atom. The van der Waals surface area contributed by atoms with Gasteiger partial charge >= 0.3 is 0 Å². The van der Waals surface area contributed by atoms with Crippen LogP contribution in [0.25, 0.3) is 0 Å². The minimum Gasteiger partial charge on any atom is -0.332 e. The molecule has 0 radical (unpaired) electrons. The minimum atomic E-state index is 0.579. The number of piperazine rings is 1. The van der Waals surface area contributed by atoms with Crippen molar-refractivity contribution in [3.63, 3.8) is 0 Å². The SMILES string of the molecule is CNCN(C)C1CCN(Cc2cnc(N3C4CCC3CN(C(C)C)C4)nc2)CC1. The van der Waals surface area contributed by atoms with Crippen molar-refractivity contribution in [3.05, 3.63) is 18.0 Å². The van der Waals surface area contributed by atoms with E-state index in [1.54, 1.807) is 0 Å². The fraction of sp³-hybridized carbons (Fsp3) is 0.818. The van der Waals surface area contributed by atoms with Crippen molar-refractivity contribution in [2.24, 2.45) is 0 Å². The van der Waals surface area contributed by atoms with Gasteiger partial charge in [-0.05, 0) is 66.7 Å². The Labute approximate surface area is 176 Å². The molecule has 2 unspecified atom stereocenters. The van der Waals surface area contributed by atoms with Gasteiger partial charge in [-0.2, -0.15) is 0 Å². The lowest BCUT2D eigenvalue weighted by atomic mass is 10.0. The molecule has 7 heteroatoms. The third kappa shape index (κ3) is 4.74. The number of aromatic nitrogens is 2. The molecule has 1 aromatic heterocycles. The van der Waals surface area contributed by atoms with Crippen molar-refractivity contribution >= 4 is 5.95 Å². The summed E-state index contributed by atoms with van der Waals surface area (Å²) in [7, 11) is 4.24. The Balaban J connectivity index is 1.30. The molecular formula is C22H39N7. The number of fused-ring (bicyclic) bond motifs is 2. The van der Waals surface area contributed by atoms with Crippen LogP contribution in [0.2, 0.25) is 0 Å². The van der Waals surface area contributed by atoms with Crippen LogP contribution in [0.1, 0.15) is 45.1 Å². The fourth-order valence-corrected chi connectivity index (χ4v) is 5.40. The zero-order valence-corrected chi connectivity index (χ0v) is 18.7. The lowest BCUT2D eigenvalue weighted by molar-refractivity contribution is 0.119. The average molecular weight is 402 g/mol. The molecule has 0 amide bonds. The van der Waals surface area contributed by atoms with Crippen LogP contribution in [0.15, 0.2) is 12.4 Å². The highest BCUT2D eigenvalue weighted by molar-refractivity contribution is 5.37. The molecular weight excluding hydrogens is 362 g/mol. The molecule has 0 aromatic carbocycles. The van der Waals surface area contributed by atoms with E-state index in [2.05, 4.69) is 58.2 Å². The molecule has 1 aromatic rings. The van der Waals surface area contributed by atoms with Gasteiger partial charge in [0.1, 0.15) is 0 Å². The van der Waals surface area contributed by atoms with Gasteiger partial charge in [0.2, 0.25) is 5.95 Å². The van der Waals surface area contributed by atoms with E-state index in [1.807, 2.05) is 7.05 Å². The van der Waals surface area contributed by atoms with Crippen molar-refractivity contribution in [3.8, 4) is 0 Å². The molecule has 0 spiro atoms. The Bertz CT molecular complexity index is 627. The first-order valence-electron chi connectivity index (χ1n) is 11.5. The first-order chi connectivity index (χ1) is 14.0. The van der Waals surface area contributed by atoms with E-state index in [1.165, 1.54) is 31.2 Å². The zero-order valence-electron chi connectivity index (χ0n) is 18.7. The molecule has 0 aliphatic carbocycles. The Morgan fingerprint density at radius 1 is 1.07 bits per heavy atom. The topological polar surface area (TPSA) is 50.8 Å². The van der Waals surface area contributed by atoms with E-state index in [4.69, 9.17) is 9.97 Å². The quantitative estimate of drug-likeness (QED) is 0.697. The number of anilines is 1. The fourth-order valence-electron chi connectivity index (χ4n) is 5.40. The number of hydrogen-bond acceptors (Lipinski definition) is 7. The Hall–Kier alpha value is -1.28. The van der Waals surface area contributed by atoms with Crippen LogP contribution in [0.5, 0.6) is 0 Å². The molecule has 0 saturated carbocycles. The highest BCUT2D eigenvalue weighted by atomic mass is 15.4. The van der Waals surface area contributed by atoms with Crippen molar-refractivity contribution < 1.29 is 0 Å². The maximum absolute atomic E-state index is 4.80. The van der Waals surface area contributed by atoms with Gasteiger partial charge < -0.3 is 10.2 Å². The van der Waals surface area contributed by atoms with Crippen LogP contribution in [0, 0.1) is 0 Å². The van der Waals surface area contributed by atoms with Gasteiger partial charge in [-0.1, -0.05) is 0 Å². The van der Waals surface area contributed by atoms with Crippen molar-refractivity contribution in [2.75, 3.05) is 51.8 Å². The second kappa shape index (κ2) is 9.25. The number of rotatable bonds is 7. The van der Waals surface area contributed by atoms with Gasteiger partial charge in [0.05, 0.1) is 0 Å². The monoisotopic (exact) mass is 401 g/mol. The third-order valence-corrected chi connectivity index (χ3v) is 7.16. The van der Waals surface area contributed by atoms with E-state index in [0.29, 0.717) is 24.2 Å². The average Bonchev–Trinajstić information content (AvgIpc) is 2.98. The maximum Gasteiger partial charge on any atom is 0.225 e. The third-order valence-electron chi connectivity index (χ3n) is 7.16. The summed E-state index contributed by atoms with van der Waals surface area (Å²) in [5.74, 6) is 0.942. The summed E-state index contributed by atoms with van der Waals surface area (Å²) in [5, 5.41) is 3.26. The standard InChI is InChI=1S/C22H39N7/c1-17(2)28-14-20-5-6-21(15-28)29(20)22-24-11-18(12-25-22)13-27-9-7-19(8-10-27)26(4)16-23-3/h11-12,17,19-21,23H,5-10,13-16H2,1-4H3. The van der Waals surface area contributed by atoms with E-state index in [0.717, 1.165) is 45.3 Å². The second-order valence-corrected chi connectivity index (χ2v) is 9.51. The minimum absolute atomic E-state index is 0.579. The number of likely N-dealkylation sites (tertiary alicyclic amines) is 2. The van der Waals surface area contributed by atoms with Gasteiger partial charge in [-0.3, -0.25) is 14.7 Å².